The van der Waals surface area contributed by atoms with Crippen molar-refractivity contribution in [3.8, 4) is 5.75 Å². The number of carbonyl (C=O) groups excluding carboxylic acids is 2. The lowest BCUT2D eigenvalue weighted by Gasteiger charge is -2.34. The van der Waals surface area contributed by atoms with Gasteiger partial charge in [0, 0.05) is 11.5 Å². The van der Waals surface area contributed by atoms with Crippen LogP contribution in [0.5, 0.6) is 5.75 Å². The molecule has 0 radical (unpaired) electrons. The number of fused-ring (bicyclic) bond motifs is 1. The van der Waals surface area contributed by atoms with Gasteiger partial charge in [-0.3, -0.25) is 4.79 Å². The SMILES string of the molecule is CC.CC.COC(=O)Oc1ccc(C2(c3ccc(C)cc3)C(=O)c3ccccc3C2C)cc1. The zero-order valence-corrected chi connectivity index (χ0v) is 20.6. The van der Waals surface area contributed by atoms with Crippen LogP contribution in [0.2, 0.25) is 0 Å². The number of methoxy groups -OCH3 is 1. The predicted octanol–water partition coefficient (Wildman–Crippen LogP) is 7.48. The minimum atomic E-state index is -0.832. The lowest BCUT2D eigenvalue weighted by molar-refractivity contribution is 0.0917. The summed E-state index contributed by atoms with van der Waals surface area (Å²) >= 11 is 0. The molecule has 4 rings (SSSR count). The highest BCUT2D eigenvalue weighted by Gasteiger charge is 2.53. The van der Waals surface area contributed by atoms with Gasteiger partial charge in [-0.05, 0) is 35.7 Å². The molecule has 2 atom stereocenters. The van der Waals surface area contributed by atoms with Crippen molar-refractivity contribution < 1.29 is 19.1 Å². The molecule has 0 spiro atoms. The minimum Gasteiger partial charge on any atom is -0.437 e. The summed E-state index contributed by atoms with van der Waals surface area (Å²) in [4.78, 5) is 25.2. The Labute approximate surface area is 197 Å². The van der Waals surface area contributed by atoms with Gasteiger partial charge in [-0.1, -0.05) is 101 Å². The lowest BCUT2D eigenvalue weighted by atomic mass is 9.66. The molecule has 1 aliphatic rings. The van der Waals surface area contributed by atoms with Gasteiger partial charge in [0.05, 0.1) is 12.5 Å². The Morgan fingerprint density at radius 3 is 1.85 bits per heavy atom. The van der Waals surface area contributed by atoms with Crippen LogP contribution >= 0.6 is 0 Å². The molecule has 0 saturated carbocycles. The summed E-state index contributed by atoms with van der Waals surface area (Å²) < 4.78 is 9.65. The molecule has 1 aliphatic carbocycles. The maximum Gasteiger partial charge on any atom is 0.513 e. The fraction of sp³-hybridized carbons (Fsp3) is 0.310. The van der Waals surface area contributed by atoms with Crippen LogP contribution in [0.1, 0.15) is 73.1 Å². The van der Waals surface area contributed by atoms with Gasteiger partial charge in [-0.2, -0.15) is 0 Å². The summed E-state index contributed by atoms with van der Waals surface area (Å²) in [5.41, 5.74) is 3.94. The summed E-state index contributed by atoms with van der Waals surface area (Å²) in [5, 5.41) is 0. The van der Waals surface area contributed by atoms with Crippen LogP contribution in [0.15, 0.2) is 72.8 Å². The normalized spacial score (nSPS) is 18.2. The largest absolute Gasteiger partial charge is 0.513 e. The van der Waals surface area contributed by atoms with Crippen molar-refractivity contribution in [2.75, 3.05) is 7.11 Å². The Bertz CT molecular complexity index is 1070. The fourth-order valence-electron chi connectivity index (χ4n) is 4.39. The standard InChI is InChI=1S/C25H22O4.2C2H6/c1-16-8-10-18(11-9-16)25(17(2)21-6-4-5-7-22(21)23(25)26)19-12-14-20(15-13-19)29-24(27)28-3;2*1-2/h4-15,17H,1-3H3;2*1-2H3. The van der Waals surface area contributed by atoms with Gasteiger partial charge < -0.3 is 9.47 Å². The monoisotopic (exact) mass is 446 g/mol. The molecule has 3 aromatic carbocycles. The average Bonchev–Trinajstić information content (AvgIpc) is 3.10. The molecule has 0 aliphatic heterocycles. The first-order valence-electron chi connectivity index (χ1n) is 11.6. The third-order valence-electron chi connectivity index (χ3n) is 5.86. The van der Waals surface area contributed by atoms with Crippen LogP contribution in [0, 0.1) is 6.92 Å². The van der Waals surface area contributed by atoms with Crippen LogP contribution in [0.3, 0.4) is 0 Å². The topological polar surface area (TPSA) is 52.6 Å². The first-order chi connectivity index (χ1) is 16.0. The second-order valence-corrected chi connectivity index (χ2v) is 7.39. The third-order valence-corrected chi connectivity index (χ3v) is 5.86. The summed E-state index contributed by atoms with van der Waals surface area (Å²) in [6.07, 6.45) is -0.774. The summed E-state index contributed by atoms with van der Waals surface area (Å²) in [5.74, 6) is 0.419. The summed E-state index contributed by atoms with van der Waals surface area (Å²) in [7, 11) is 1.26. The molecule has 0 N–H and O–H groups in total. The van der Waals surface area contributed by atoms with Crippen LogP contribution in [-0.4, -0.2) is 19.0 Å². The number of aryl methyl sites for hydroxylation is 1. The van der Waals surface area contributed by atoms with Crippen LogP contribution < -0.4 is 4.74 Å². The number of Topliss-reactive ketones (excluding diaryl/α,β-unsaturated/α-hetero) is 1. The maximum atomic E-state index is 13.8. The minimum absolute atomic E-state index is 0.0405. The van der Waals surface area contributed by atoms with E-state index < -0.39 is 11.6 Å². The van der Waals surface area contributed by atoms with E-state index in [0.29, 0.717) is 5.75 Å². The number of ether oxygens (including phenoxy) is 2. The van der Waals surface area contributed by atoms with Gasteiger partial charge in [0.1, 0.15) is 5.75 Å². The van der Waals surface area contributed by atoms with Crippen molar-refractivity contribution in [3.63, 3.8) is 0 Å². The van der Waals surface area contributed by atoms with Crippen molar-refractivity contribution in [2.24, 2.45) is 0 Å². The molecule has 4 heteroatoms. The molecule has 3 aromatic rings. The zero-order chi connectivity index (χ0) is 24.6. The smallest absolute Gasteiger partial charge is 0.437 e. The van der Waals surface area contributed by atoms with Crippen molar-refractivity contribution >= 4 is 11.9 Å². The van der Waals surface area contributed by atoms with E-state index in [0.717, 1.165) is 27.8 Å². The van der Waals surface area contributed by atoms with E-state index in [-0.39, 0.29) is 11.7 Å². The number of benzene rings is 3. The van der Waals surface area contributed by atoms with Gasteiger partial charge in [0.25, 0.3) is 0 Å². The average molecular weight is 447 g/mol. The Morgan fingerprint density at radius 1 is 0.818 bits per heavy atom. The molecule has 0 bridgehead atoms. The van der Waals surface area contributed by atoms with Crippen molar-refractivity contribution in [1.29, 1.82) is 0 Å². The number of hydrogen-bond donors (Lipinski definition) is 0. The Morgan fingerprint density at radius 2 is 1.33 bits per heavy atom. The Balaban J connectivity index is 0.000000914. The zero-order valence-electron chi connectivity index (χ0n) is 20.6. The fourth-order valence-corrected chi connectivity index (χ4v) is 4.39. The van der Waals surface area contributed by atoms with E-state index in [2.05, 4.69) is 11.7 Å². The third kappa shape index (κ3) is 4.70. The van der Waals surface area contributed by atoms with Crippen molar-refractivity contribution in [2.45, 2.75) is 52.9 Å². The van der Waals surface area contributed by atoms with E-state index in [1.54, 1.807) is 12.1 Å². The van der Waals surface area contributed by atoms with Gasteiger partial charge in [-0.15, -0.1) is 0 Å². The van der Waals surface area contributed by atoms with E-state index in [1.807, 2.05) is 95.3 Å². The number of hydrogen-bond acceptors (Lipinski definition) is 4. The molecule has 33 heavy (non-hydrogen) atoms. The van der Waals surface area contributed by atoms with Crippen LogP contribution in [0.25, 0.3) is 0 Å². The maximum absolute atomic E-state index is 13.8. The quantitative estimate of drug-likeness (QED) is 0.309. The highest BCUT2D eigenvalue weighted by Crippen LogP contribution is 2.53. The number of ketones is 1. The van der Waals surface area contributed by atoms with E-state index in [9.17, 15) is 9.59 Å². The van der Waals surface area contributed by atoms with Gasteiger partial charge in [-0.25, -0.2) is 4.79 Å². The predicted molar refractivity (Wildman–Crippen MR) is 133 cm³/mol. The van der Waals surface area contributed by atoms with Gasteiger partial charge in [0.2, 0.25) is 0 Å². The molecule has 0 saturated heterocycles. The van der Waals surface area contributed by atoms with Crippen molar-refractivity contribution in [1.82, 2.24) is 0 Å². The number of rotatable bonds is 3. The molecule has 0 aromatic heterocycles. The van der Waals surface area contributed by atoms with Gasteiger partial charge in [0.15, 0.2) is 5.78 Å². The molecule has 0 fully saturated rings. The highest BCUT2D eigenvalue weighted by molar-refractivity contribution is 6.11. The second-order valence-electron chi connectivity index (χ2n) is 7.39. The molecule has 0 amide bonds. The molecule has 0 heterocycles. The molecular formula is C29H34O4. The summed E-state index contributed by atoms with van der Waals surface area (Å²) in [6, 6.07) is 23.1. The lowest BCUT2D eigenvalue weighted by Crippen LogP contribution is -2.37. The Hall–Kier alpha value is -3.40. The van der Waals surface area contributed by atoms with E-state index in [4.69, 9.17) is 4.74 Å². The molecule has 174 valence electrons. The first-order valence-corrected chi connectivity index (χ1v) is 11.6. The van der Waals surface area contributed by atoms with Crippen LogP contribution in [-0.2, 0) is 10.2 Å². The first kappa shape index (κ1) is 25.9. The highest BCUT2D eigenvalue weighted by atomic mass is 16.7. The second kappa shape index (κ2) is 11.5. The summed E-state index contributed by atoms with van der Waals surface area (Å²) in [6.45, 7) is 12.1. The molecule has 4 nitrogen and oxygen atoms in total. The van der Waals surface area contributed by atoms with Gasteiger partial charge >= 0.3 is 6.16 Å². The number of carbonyl (C=O) groups is 2. The molecular weight excluding hydrogens is 412 g/mol. The van der Waals surface area contributed by atoms with Crippen molar-refractivity contribution in [3.05, 3.63) is 101 Å². The van der Waals surface area contributed by atoms with Crippen LogP contribution in [0.4, 0.5) is 4.79 Å². The molecule has 2 unspecified atom stereocenters. The van der Waals surface area contributed by atoms with E-state index >= 15 is 0 Å². The van der Waals surface area contributed by atoms with E-state index in [1.165, 1.54) is 7.11 Å². The Kier molecular flexibility index (Phi) is 8.98.